The predicted molar refractivity (Wildman–Crippen MR) is 58.1 cm³/mol. The van der Waals surface area contributed by atoms with Gasteiger partial charge < -0.3 is 5.32 Å². The maximum atomic E-state index is 10.7. The van der Waals surface area contributed by atoms with Gasteiger partial charge in [-0.15, -0.1) is 0 Å². The zero-order chi connectivity index (χ0) is 11.3. The molecule has 7 heteroatoms. The van der Waals surface area contributed by atoms with Gasteiger partial charge in [-0.2, -0.15) is 0 Å². The summed E-state index contributed by atoms with van der Waals surface area (Å²) in [6.07, 6.45) is 2.77. The Bertz CT molecular complexity index is 418. The topological polar surface area (TPSA) is 84.0 Å². The Morgan fingerprint density at radius 3 is 2.73 bits per heavy atom. The van der Waals surface area contributed by atoms with E-state index in [1.54, 1.807) is 12.3 Å². The van der Waals surface area contributed by atoms with E-state index in [4.69, 9.17) is 0 Å². The predicted octanol–water partition coefficient (Wildman–Crippen LogP) is -0.254. The number of aryl methyl sites for hydroxylation is 1. The molecule has 0 unspecified atom stereocenters. The van der Waals surface area contributed by atoms with Crippen LogP contribution < -0.4 is 10.0 Å². The van der Waals surface area contributed by atoms with Gasteiger partial charge >= 0.3 is 0 Å². The quantitative estimate of drug-likeness (QED) is 0.681. The second kappa shape index (κ2) is 5.04. The largest absolute Gasteiger partial charge is 0.353 e. The van der Waals surface area contributed by atoms with Crippen LogP contribution in [0.5, 0.6) is 0 Å². The van der Waals surface area contributed by atoms with Crippen LogP contribution in [0.4, 0.5) is 5.95 Å². The van der Waals surface area contributed by atoms with Gasteiger partial charge in [-0.05, 0) is 13.0 Å². The highest BCUT2D eigenvalue weighted by atomic mass is 32.2. The minimum atomic E-state index is -3.12. The maximum Gasteiger partial charge on any atom is 0.222 e. The van der Waals surface area contributed by atoms with Gasteiger partial charge in [-0.25, -0.2) is 23.1 Å². The fourth-order valence-corrected chi connectivity index (χ4v) is 1.42. The van der Waals surface area contributed by atoms with Crippen molar-refractivity contribution in [3.05, 3.63) is 18.0 Å². The molecule has 0 aromatic carbocycles. The first-order valence-electron chi connectivity index (χ1n) is 4.45. The maximum absolute atomic E-state index is 10.7. The van der Waals surface area contributed by atoms with Crippen LogP contribution in [-0.2, 0) is 10.0 Å². The van der Waals surface area contributed by atoms with Gasteiger partial charge in [0, 0.05) is 25.0 Å². The Morgan fingerprint density at radius 2 is 2.13 bits per heavy atom. The van der Waals surface area contributed by atoms with Gasteiger partial charge in [0.2, 0.25) is 16.0 Å². The zero-order valence-corrected chi connectivity index (χ0v) is 9.50. The van der Waals surface area contributed by atoms with Crippen molar-refractivity contribution in [1.82, 2.24) is 14.7 Å². The molecule has 0 radical (unpaired) electrons. The third-order valence-corrected chi connectivity index (χ3v) is 2.30. The molecular formula is C8H14N4O2S. The minimum Gasteiger partial charge on any atom is -0.353 e. The highest BCUT2D eigenvalue weighted by Gasteiger charge is 1.99. The lowest BCUT2D eigenvalue weighted by Crippen LogP contribution is -2.28. The molecule has 15 heavy (non-hydrogen) atoms. The van der Waals surface area contributed by atoms with Crippen molar-refractivity contribution in [2.45, 2.75) is 6.92 Å². The Hall–Kier alpha value is -1.21. The summed E-state index contributed by atoms with van der Waals surface area (Å²) in [7, 11) is -3.12. The molecule has 0 atom stereocenters. The molecule has 84 valence electrons. The first-order valence-corrected chi connectivity index (χ1v) is 6.35. The van der Waals surface area contributed by atoms with Crippen LogP contribution in [0.1, 0.15) is 5.69 Å². The molecule has 0 spiro atoms. The smallest absolute Gasteiger partial charge is 0.222 e. The number of hydrogen-bond donors (Lipinski definition) is 2. The number of aromatic nitrogens is 2. The molecule has 0 aliphatic heterocycles. The third kappa shape index (κ3) is 5.28. The number of nitrogens with one attached hydrogen (secondary N) is 2. The number of hydrogen-bond acceptors (Lipinski definition) is 5. The molecular weight excluding hydrogens is 216 g/mol. The standard InChI is InChI=1S/C8H14N4O2S/c1-7-3-4-9-8(12-7)10-5-6-11-15(2,13)14/h3-4,11H,5-6H2,1-2H3,(H,9,10,12). The lowest BCUT2D eigenvalue weighted by atomic mass is 10.5. The average molecular weight is 230 g/mol. The lowest BCUT2D eigenvalue weighted by Gasteiger charge is -2.05. The van der Waals surface area contributed by atoms with Crippen molar-refractivity contribution in [3.8, 4) is 0 Å². The van der Waals surface area contributed by atoms with Crippen LogP contribution in [0, 0.1) is 6.92 Å². The van der Waals surface area contributed by atoms with Crippen LogP contribution in [0.2, 0.25) is 0 Å². The van der Waals surface area contributed by atoms with E-state index >= 15 is 0 Å². The highest BCUT2D eigenvalue weighted by Crippen LogP contribution is 1.97. The summed E-state index contributed by atoms with van der Waals surface area (Å²) in [6, 6.07) is 1.79. The summed E-state index contributed by atoms with van der Waals surface area (Å²) in [5, 5.41) is 2.91. The van der Waals surface area contributed by atoms with Crippen LogP contribution in [-0.4, -0.2) is 37.7 Å². The third-order valence-electron chi connectivity index (χ3n) is 1.57. The number of sulfonamides is 1. The molecule has 0 bridgehead atoms. The van der Waals surface area contributed by atoms with Crippen LogP contribution in [0.3, 0.4) is 0 Å². The Morgan fingerprint density at radius 1 is 1.40 bits per heavy atom. The van der Waals surface area contributed by atoms with Crippen molar-refractivity contribution in [1.29, 1.82) is 0 Å². The van der Waals surface area contributed by atoms with Gasteiger partial charge in [0.25, 0.3) is 0 Å². The molecule has 2 N–H and O–H groups in total. The van der Waals surface area contributed by atoms with Gasteiger partial charge in [-0.1, -0.05) is 0 Å². The molecule has 0 amide bonds. The SMILES string of the molecule is Cc1ccnc(NCCNS(C)(=O)=O)n1. The average Bonchev–Trinajstić information content (AvgIpc) is 2.11. The second-order valence-electron chi connectivity index (χ2n) is 3.11. The van der Waals surface area contributed by atoms with Crippen molar-refractivity contribution >= 4 is 16.0 Å². The monoisotopic (exact) mass is 230 g/mol. The van der Waals surface area contributed by atoms with E-state index < -0.39 is 10.0 Å². The number of rotatable bonds is 5. The first-order chi connectivity index (χ1) is 6.97. The Balaban J connectivity index is 2.32. The van der Waals surface area contributed by atoms with Gasteiger partial charge in [0.1, 0.15) is 0 Å². The Labute approximate surface area is 89.2 Å². The number of anilines is 1. The molecule has 1 aromatic heterocycles. The van der Waals surface area contributed by atoms with Crippen molar-refractivity contribution in [2.24, 2.45) is 0 Å². The Kier molecular flexibility index (Phi) is 3.98. The fourth-order valence-electron chi connectivity index (χ4n) is 0.945. The molecule has 6 nitrogen and oxygen atoms in total. The summed E-state index contributed by atoms with van der Waals surface area (Å²) < 4.78 is 23.8. The van der Waals surface area contributed by atoms with E-state index in [-0.39, 0.29) is 0 Å². The van der Waals surface area contributed by atoms with Crippen LogP contribution in [0.15, 0.2) is 12.3 Å². The van der Waals surface area contributed by atoms with E-state index in [0.29, 0.717) is 19.0 Å². The summed E-state index contributed by atoms with van der Waals surface area (Å²) in [4.78, 5) is 8.08. The summed E-state index contributed by atoms with van der Waals surface area (Å²) in [5.41, 5.74) is 0.864. The molecule has 1 aromatic rings. The van der Waals surface area contributed by atoms with Crippen molar-refractivity contribution in [3.63, 3.8) is 0 Å². The van der Waals surface area contributed by atoms with Crippen LogP contribution in [0.25, 0.3) is 0 Å². The van der Waals surface area contributed by atoms with Gasteiger partial charge in [0.05, 0.1) is 6.26 Å². The van der Waals surface area contributed by atoms with Crippen molar-refractivity contribution in [2.75, 3.05) is 24.7 Å². The number of nitrogens with zero attached hydrogens (tertiary/aromatic N) is 2. The molecule has 0 fully saturated rings. The van der Waals surface area contributed by atoms with Gasteiger partial charge in [0.15, 0.2) is 0 Å². The summed E-state index contributed by atoms with van der Waals surface area (Å²) >= 11 is 0. The summed E-state index contributed by atoms with van der Waals surface area (Å²) in [6.45, 7) is 2.63. The fraction of sp³-hybridized carbons (Fsp3) is 0.500. The second-order valence-corrected chi connectivity index (χ2v) is 4.95. The summed E-state index contributed by atoms with van der Waals surface area (Å²) in [5.74, 6) is 0.505. The molecule has 0 aliphatic rings. The molecule has 0 saturated carbocycles. The van der Waals surface area contributed by atoms with E-state index in [9.17, 15) is 8.42 Å². The van der Waals surface area contributed by atoms with E-state index in [1.807, 2.05) is 6.92 Å². The lowest BCUT2D eigenvalue weighted by molar-refractivity contribution is 0.589. The minimum absolute atomic E-state index is 0.316. The molecule has 1 heterocycles. The zero-order valence-electron chi connectivity index (χ0n) is 8.69. The first kappa shape index (κ1) is 11.9. The van der Waals surface area contributed by atoms with Gasteiger partial charge in [-0.3, -0.25) is 0 Å². The van der Waals surface area contributed by atoms with E-state index in [2.05, 4.69) is 20.0 Å². The molecule has 0 saturated heterocycles. The normalized spacial score (nSPS) is 11.3. The molecule has 1 rings (SSSR count). The van der Waals surface area contributed by atoms with E-state index in [1.165, 1.54) is 0 Å². The van der Waals surface area contributed by atoms with Crippen LogP contribution >= 0.6 is 0 Å². The molecule has 0 aliphatic carbocycles. The highest BCUT2D eigenvalue weighted by molar-refractivity contribution is 7.88. The van der Waals surface area contributed by atoms with E-state index in [0.717, 1.165) is 11.9 Å². The van der Waals surface area contributed by atoms with Crippen molar-refractivity contribution < 1.29 is 8.42 Å².